The molecule has 2 nitrogen and oxygen atoms in total. The lowest BCUT2D eigenvalue weighted by Crippen LogP contribution is -1.98. The summed E-state index contributed by atoms with van der Waals surface area (Å²) in [5.74, 6) is 0. The van der Waals surface area contributed by atoms with E-state index >= 15 is 0 Å². The molecule has 0 aliphatic heterocycles. The molecule has 0 saturated carbocycles. The van der Waals surface area contributed by atoms with Crippen molar-refractivity contribution in [2.45, 2.75) is 10.4 Å². The first-order valence-electron chi connectivity index (χ1n) is 3.40. The lowest BCUT2D eigenvalue weighted by molar-refractivity contribution is -0.0328. The van der Waals surface area contributed by atoms with Crippen LogP contribution in [0.5, 0.6) is 0 Å². The van der Waals surface area contributed by atoms with Crippen LogP contribution in [-0.4, -0.2) is 23.2 Å². The summed E-state index contributed by atoms with van der Waals surface area (Å²) < 4.78 is 35.1. The maximum absolute atomic E-state index is 11.7. The maximum atomic E-state index is 11.7. The quantitative estimate of drug-likeness (QED) is 0.563. The maximum Gasteiger partial charge on any atom is 0.482 e. The molecule has 0 saturated heterocycles. The van der Waals surface area contributed by atoms with E-state index in [9.17, 15) is 13.2 Å². The summed E-state index contributed by atoms with van der Waals surface area (Å²) in [6.45, 7) is 0. The van der Waals surface area contributed by atoms with E-state index in [1.807, 2.05) is 0 Å². The second-order valence-electron chi connectivity index (χ2n) is 1.98. The average Bonchev–Trinajstić information content (AvgIpc) is 2.04. The van der Waals surface area contributed by atoms with Crippen LogP contribution in [0.2, 0.25) is 0 Å². The van der Waals surface area contributed by atoms with E-state index in [2.05, 4.69) is 0 Å². The van der Waals surface area contributed by atoms with Crippen molar-refractivity contribution < 1.29 is 23.2 Å². The standard InChI is InChI=1S/C7H5F3S.BH2O2/c8-7(9,10)11-6-4-2-1-3-5-6;2-1-3/h1-5H;2-3H. The van der Waals surface area contributed by atoms with Gasteiger partial charge in [0.1, 0.15) is 0 Å². The van der Waals surface area contributed by atoms with E-state index in [1.54, 1.807) is 18.2 Å². The third kappa shape index (κ3) is 7.97. The molecule has 0 atom stereocenters. The molecule has 0 amide bonds. The largest absolute Gasteiger partial charge is 0.482 e. The van der Waals surface area contributed by atoms with Gasteiger partial charge >= 0.3 is 13.2 Å². The van der Waals surface area contributed by atoms with Gasteiger partial charge in [-0.05, 0) is 23.9 Å². The fraction of sp³-hybridized carbons (Fsp3) is 0.143. The minimum atomic E-state index is -4.18. The van der Waals surface area contributed by atoms with Crippen LogP contribution in [0.4, 0.5) is 13.2 Å². The van der Waals surface area contributed by atoms with Gasteiger partial charge in [0.15, 0.2) is 0 Å². The topological polar surface area (TPSA) is 40.5 Å². The first kappa shape index (κ1) is 13.3. The van der Waals surface area contributed by atoms with E-state index in [1.165, 1.54) is 12.1 Å². The molecule has 2 N–H and O–H groups in total. The summed E-state index contributed by atoms with van der Waals surface area (Å²) >= 11 is -0.0993. The molecule has 1 aromatic carbocycles. The molecule has 0 spiro atoms. The van der Waals surface area contributed by atoms with Gasteiger partial charge in [0, 0.05) is 4.90 Å². The summed E-state index contributed by atoms with van der Waals surface area (Å²) in [6.07, 6.45) is 0. The van der Waals surface area contributed by atoms with Crippen molar-refractivity contribution in [2.75, 3.05) is 0 Å². The first-order valence-corrected chi connectivity index (χ1v) is 4.22. The Balaban J connectivity index is 0.000000500. The number of thioether (sulfide) groups is 1. The van der Waals surface area contributed by atoms with Crippen LogP contribution in [0.1, 0.15) is 0 Å². The van der Waals surface area contributed by atoms with Crippen molar-refractivity contribution in [1.82, 2.24) is 0 Å². The third-order valence-electron chi connectivity index (χ3n) is 0.977. The van der Waals surface area contributed by atoms with Crippen LogP contribution in [-0.2, 0) is 0 Å². The zero-order chi connectivity index (χ0) is 11.0. The summed E-state index contributed by atoms with van der Waals surface area (Å²) in [5.41, 5.74) is -4.18. The number of hydrogen-bond acceptors (Lipinski definition) is 3. The highest BCUT2D eigenvalue weighted by molar-refractivity contribution is 8.00. The van der Waals surface area contributed by atoms with Crippen molar-refractivity contribution in [3.8, 4) is 0 Å². The van der Waals surface area contributed by atoms with Gasteiger partial charge in [-0.25, -0.2) is 0 Å². The Hall–Kier alpha value is -0.655. The highest BCUT2D eigenvalue weighted by Gasteiger charge is 2.28. The molecular weight excluding hydrogens is 216 g/mol. The molecule has 7 heteroatoms. The highest BCUT2D eigenvalue weighted by atomic mass is 32.2. The Morgan fingerprint density at radius 2 is 1.50 bits per heavy atom. The Bertz CT molecular complexity index is 242. The van der Waals surface area contributed by atoms with E-state index in [4.69, 9.17) is 10.0 Å². The number of hydrogen-bond donors (Lipinski definition) is 2. The third-order valence-corrected chi connectivity index (χ3v) is 1.72. The van der Waals surface area contributed by atoms with Gasteiger partial charge in [0.2, 0.25) is 0 Å². The van der Waals surface area contributed by atoms with Crippen LogP contribution >= 0.6 is 11.8 Å². The number of halogens is 3. The second kappa shape index (κ2) is 6.75. The molecule has 0 aliphatic carbocycles. The van der Waals surface area contributed by atoms with Crippen molar-refractivity contribution in [3.63, 3.8) is 0 Å². The Morgan fingerprint density at radius 1 is 1.07 bits per heavy atom. The Morgan fingerprint density at radius 3 is 1.86 bits per heavy atom. The molecule has 0 bridgehead atoms. The highest BCUT2D eigenvalue weighted by Crippen LogP contribution is 2.36. The number of alkyl halides is 3. The molecule has 0 aromatic heterocycles. The molecule has 0 unspecified atom stereocenters. The van der Waals surface area contributed by atoms with Crippen molar-refractivity contribution in [1.29, 1.82) is 0 Å². The number of rotatable bonds is 1. The monoisotopic (exact) mass is 223 g/mol. The van der Waals surface area contributed by atoms with Crippen molar-refractivity contribution >= 4 is 19.4 Å². The van der Waals surface area contributed by atoms with E-state index in [0.29, 0.717) is 0 Å². The molecular formula is C7H7BF3O2S. The van der Waals surface area contributed by atoms with Gasteiger partial charge in [0.05, 0.1) is 0 Å². The van der Waals surface area contributed by atoms with Gasteiger partial charge in [-0.2, -0.15) is 13.2 Å². The normalized spacial score (nSPS) is 10.1. The van der Waals surface area contributed by atoms with Crippen LogP contribution in [0.3, 0.4) is 0 Å². The van der Waals surface area contributed by atoms with Crippen molar-refractivity contribution in [2.24, 2.45) is 0 Å². The predicted molar refractivity (Wildman–Crippen MR) is 48.5 cm³/mol. The summed E-state index contributed by atoms with van der Waals surface area (Å²) in [6, 6.07) is 7.69. The molecule has 0 aliphatic rings. The van der Waals surface area contributed by atoms with E-state index in [0.717, 1.165) is 0 Å². The van der Waals surface area contributed by atoms with Gasteiger partial charge in [-0.1, -0.05) is 18.2 Å². The van der Waals surface area contributed by atoms with Gasteiger partial charge < -0.3 is 10.0 Å². The summed E-state index contributed by atoms with van der Waals surface area (Å²) in [7, 11) is 0. The van der Waals surface area contributed by atoms with Crippen LogP contribution < -0.4 is 0 Å². The molecule has 0 heterocycles. The average molecular weight is 223 g/mol. The number of benzene rings is 1. The smallest absolute Gasteiger partial charge is 0.429 e. The van der Waals surface area contributed by atoms with Gasteiger partial charge in [0.25, 0.3) is 0 Å². The van der Waals surface area contributed by atoms with Gasteiger partial charge in [-0.3, -0.25) is 0 Å². The molecule has 0 fully saturated rings. The van der Waals surface area contributed by atoms with Gasteiger partial charge in [-0.15, -0.1) is 0 Å². The zero-order valence-corrected chi connectivity index (χ0v) is 7.72. The second-order valence-corrected chi connectivity index (χ2v) is 3.11. The zero-order valence-electron chi connectivity index (χ0n) is 6.90. The SMILES string of the molecule is FC(F)(F)Sc1ccccc1.O[B]O. The molecule has 14 heavy (non-hydrogen) atoms. The minimum Gasteiger partial charge on any atom is -0.429 e. The molecule has 1 radical (unpaired) electrons. The Labute approximate surface area is 84.1 Å². The minimum absolute atomic E-state index is 0. The lowest BCUT2D eigenvalue weighted by atomic mass is 10.4. The van der Waals surface area contributed by atoms with E-state index < -0.39 is 5.51 Å². The molecule has 77 valence electrons. The van der Waals surface area contributed by atoms with Crippen LogP contribution in [0.25, 0.3) is 0 Å². The van der Waals surface area contributed by atoms with E-state index in [-0.39, 0.29) is 24.3 Å². The Kier molecular flexibility index (Phi) is 6.43. The van der Waals surface area contributed by atoms with Crippen LogP contribution in [0, 0.1) is 0 Å². The first-order chi connectivity index (χ1) is 6.49. The summed E-state index contributed by atoms with van der Waals surface area (Å²) in [5, 5.41) is 14.0. The van der Waals surface area contributed by atoms with Crippen molar-refractivity contribution in [3.05, 3.63) is 30.3 Å². The molecule has 1 rings (SSSR count). The fourth-order valence-corrected chi connectivity index (χ4v) is 1.18. The molecule has 1 aromatic rings. The predicted octanol–water partition coefficient (Wildman–Crippen LogP) is 1.80. The fourth-order valence-electron chi connectivity index (χ4n) is 0.622. The summed E-state index contributed by atoms with van der Waals surface area (Å²) in [4.78, 5) is 0.222. The lowest BCUT2D eigenvalue weighted by Gasteiger charge is -2.03. The van der Waals surface area contributed by atoms with Crippen LogP contribution in [0.15, 0.2) is 35.2 Å².